The van der Waals surface area contributed by atoms with E-state index in [1.165, 1.54) is 0 Å². The van der Waals surface area contributed by atoms with E-state index in [0.29, 0.717) is 5.89 Å². The molecule has 0 unspecified atom stereocenters. The van der Waals surface area contributed by atoms with Gasteiger partial charge in [0.25, 0.3) is 0 Å². The van der Waals surface area contributed by atoms with Crippen molar-refractivity contribution >= 4 is 15.9 Å². The molecule has 0 N–H and O–H groups in total. The van der Waals surface area contributed by atoms with Crippen molar-refractivity contribution in [3.63, 3.8) is 0 Å². The van der Waals surface area contributed by atoms with E-state index in [4.69, 9.17) is 4.42 Å². The lowest BCUT2D eigenvalue weighted by Crippen LogP contribution is -2.24. The minimum absolute atomic E-state index is 0.201. The average Bonchev–Trinajstić information content (AvgIpc) is 3.12. The van der Waals surface area contributed by atoms with Gasteiger partial charge in [0.2, 0.25) is 5.89 Å². The molecule has 3 rings (SSSR count). The van der Waals surface area contributed by atoms with Crippen molar-refractivity contribution < 1.29 is 8.81 Å². The maximum absolute atomic E-state index is 12.7. The fourth-order valence-electron chi connectivity index (χ4n) is 2.88. The van der Waals surface area contributed by atoms with Crippen LogP contribution in [0.5, 0.6) is 0 Å². The normalized spacial score (nSPS) is 19.0. The van der Waals surface area contributed by atoms with Gasteiger partial charge in [-0.3, -0.25) is 4.39 Å². The number of likely N-dealkylation sites (tertiary alicyclic amines) is 1. The van der Waals surface area contributed by atoms with Crippen molar-refractivity contribution in [1.82, 2.24) is 9.88 Å². The summed E-state index contributed by atoms with van der Waals surface area (Å²) in [6.45, 7) is 4.54. The molecule has 1 aliphatic heterocycles. The van der Waals surface area contributed by atoms with E-state index in [1.54, 1.807) is 0 Å². The van der Waals surface area contributed by atoms with Crippen molar-refractivity contribution in [3.8, 4) is 11.5 Å². The smallest absolute Gasteiger partial charge is 0.226 e. The molecule has 2 aromatic rings. The van der Waals surface area contributed by atoms with Crippen LogP contribution in [0.2, 0.25) is 0 Å². The third-order valence-corrected chi connectivity index (χ3v) is 4.77. The Balaban J connectivity index is 1.64. The Morgan fingerprint density at radius 2 is 2.14 bits per heavy atom. The van der Waals surface area contributed by atoms with Crippen molar-refractivity contribution in [3.05, 3.63) is 40.2 Å². The van der Waals surface area contributed by atoms with E-state index in [9.17, 15) is 4.39 Å². The molecular formula is C17H20BrFN2O. The number of hydrogen-bond acceptors (Lipinski definition) is 3. The first-order valence-corrected chi connectivity index (χ1v) is 8.45. The number of aromatic nitrogens is 1. The molecule has 1 aliphatic rings. The number of alkyl halides is 1. The number of benzene rings is 1. The van der Waals surface area contributed by atoms with Gasteiger partial charge in [-0.05, 0) is 44.2 Å². The van der Waals surface area contributed by atoms with Crippen LogP contribution in [0.1, 0.15) is 17.9 Å². The molecule has 0 spiro atoms. The molecule has 0 aliphatic carbocycles. The van der Waals surface area contributed by atoms with E-state index in [-0.39, 0.29) is 12.6 Å². The molecule has 5 heteroatoms. The minimum atomic E-state index is -0.201. The maximum Gasteiger partial charge on any atom is 0.226 e. The highest BCUT2D eigenvalue weighted by Gasteiger charge is 2.22. The van der Waals surface area contributed by atoms with E-state index in [0.717, 1.165) is 54.0 Å². The van der Waals surface area contributed by atoms with Crippen LogP contribution in [0, 0.1) is 12.8 Å². The fraction of sp³-hybridized carbons (Fsp3) is 0.471. The second kappa shape index (κ2) is 6.92. The van der Waals surface area contributed by atoms with Gasteiger partial charge in [0.15, 0.2) is 0 Å². The second-order valence-electron chi connectivity index (χ2n) is 5.89. The van der Waals surface area contributed by atoms with Gasteiger partial charge in [0.1, 0.15) is 5.76 Å². The first-order valence-electron chi connectivity index (χ1n) is 7.66. The third-order valence-electron chi connectivity index (χ3n) is 4.24. The molecule has 22 heavy (non-hydrogen) atoms. The van der Waals surface area contributed by atoms with Crippen molar-refractivity contribution in [2.24, 2.45) is 5.92 Å². The van der Waals surface area contributed by atoms with Crippen LogP contribution in [-0.2, 0) is 6.42 Å². The Kier molecular flexibility index (Phi) is 4.93. The lowest BCUT2D eigenvalue weighted by atomic mass is 10.1. The first-order chi connectivity index (χ1) is 10.7. The number of nitrogens with zero attached hydrogens (tertiary/aromatic N) is 2. The zero-order valence-electron chi connectivity index (χ0n) is 12.7. The molecule has 3 nitrogen and oxygen atoms in total. The van der Waals surface area contributed by atoms with Crippen molar-refractivity contribution in [2.45, 2.75) is 19.8 Å². The zero-order valence-corrected chi connectivity index (χ0v) is 14.3. The Morgan fingerprint density at radius 3 is 2.82 bits per heavy atom. The van der Waals surface area contributed by atoms with Gasteiger partial charge < -0.3 is 9.32 Å². The standard InChI is InChI=1S/C17H20BrFN2O/c1-12-16(7-9-21-8-6-13(10-19)11-21)20-17(22-12)14-2-4-15(18)5-3-14/h2-5,13H,6-11H2,1H3/t13-/m1/s1. The van der Waals surface area contributed by atoms with E-state index < -0.39 is 0 Å². The van der Waals surface area contributed by atoms with E-state index in [2.05, 4.69) is 25.8 Å². The third kappa shape index (κ3) is 3.58. The Labute approximate surface area is 138 Å². The Bertz CT molecular complexity index is 626. The lowest BCUT2D eigenvalue weighted by molar-refractivity contribution is 0.304. The summed E-state index contributed by atoms with van der Waals surface area (Å²) in [6, 6.07) is 7.95. The van der Waals surface area contributed by atoms with Crippen molar-refractivity contribution in [2.75, 3.05) is 26.3 Å². The summed E-state index contributed by atoms with van der Waals surface area (Å²) in [5, 5.41) is 0. The second-order valence-corrected chi connectivity index (χ2v) is 6.80. The van der Waals surface area contributed by atoms with Gasteiger partial charge in [0, 0.05) is 35.5 Å². The lowest BCUT2D eigenvalue weighted by Gasteiger charge is -2.14. The molecule has 0 bridgehead atoms. The number of halogens is 2. The van der Waals surface area contributed by atoms with Crippen LogP contribution in [0.15, 0.2) is 33.2 Å². The molecular weight excluding hydrogens is 347 g/mol. The predicted molar refractivity (Wildman–Crippen MR) is 88.6 cm³/mol. The average molecular weight is 367 g/mol. The summed E-state index contributed by atoms with van der Waals surface area (Å²) in [6.07, 6.45) is 1.82. The summed E-state index contributed by atoms with van der Waals surface area (Å²) < 4.78 is 19.5. The van der Waals surface area contributed by atoms with Gasteiger partial charge in [-0.15, -0.1) is 0 Å². The molecule has 2 heterocycles. The Hall–Kier alpha value is -1.20. The molecule has 1 atom stereocenters. The summed E-state index contributed by atoms with van der Waals surface area (Å²) in [7, 11) is 0. The van der Waals surface area contributed by atoms with Gasteiger partial charge in [0.05, 0.1) is 12.4 Å². The zero-order chi connectivity index (χ0) is 15.5. The Morgan fingerprint density at radius 1 is 1.36 bits per heavy atom. The van der Waals surface area contributed by atoms with Gasteiger partial charge in [-0.2, -0.15) is 0 Å². The van der Waals surface area contributed by atoms with Crippen LogP contribution in [-0.4, -0.2) is 36.2 Å². The van der Waals surface area contributed by atoms with E-state index in [1.807, 2.05) is 31.2 Å². The summed E-state index contributed by atoms with van der Waals surface area (Å²) in [5.41, 5.74) is 1.98. The SMILES string of the molecule is Cc1oc(-c2ccc(Br)cc2)nc1CCN1CC[C@H](CF)C1. The highest BCUT2D eigenvalue weighted by atomic mass is 79.9. The quantitative estimate of drug-likeness (QED) is 0.792. The highest BCUT2D eigenvalue weighted by molar-refractivity contribution is 9.10. The molecule has 1 aromatic heterocycles. The largest absolute Gasteiger partial charge is 0.441 e. The summed E-state index contributed by atoms with van der Waals surface area (Å²) >= 11 is 3.43. The topological polar surface area (TPSA) is 29.3 Å². The fourth-order valence-corrected chi connectivity index (χ4v) is 3.15. The van der Waals surface area contributed by atoms with Crippen molar-refractivity contribution in [1.29, 1.82) is 0 Å². The summed E-state index contributed by atoms with van der Waals surface area (Å²) in [5.74, 6) is 1.76. The first kappa shape index (κ1) is 15.7. The molecule has 0 radical (unpaired) electrons. The summed E-state index contributed by atoms with van der Waals surface area (Å²) in [4.78, 5) is 6.94. The van der Waals surface area contributed by atoms with Crippen LogP contribution >= 0.6 is 15.9 Å². The van der Waals surface area contributed by atoms with Gasteiger partial charge in [-0.1, -0.05) is 15.9 Å². The number of oxazole rings is 1. The number of hydrogen-bond donors (Lipinski definition) is 0. The molecule has 1 saturated heterocycles. The van der Waals surface area contributed by atoms with Crippen LogP contribution in [0.25, 0.3) is 11.5 Å². The molecule has 0 amide bonds. The van der Waals surface area contributed by atoms with Crippen LogP contribution in [0.3, 0.4) is 0 Å². The monoisotopic (exact) mass is 366 g/mol. The molecule has 1 aromatic carbocycles. The number of rotatable bonds is 5. The van der Waals surface area contributed by atoms with E-state index >= 15 is 0 Å². The highest BCUT2D eigenvalue weighted by Crippen LogP contribution is 2.24. The molecule has 118 valence electrons. The molecule has 0 saturated carbocycles. The maximum atomic E-state index is 12.7. The minimum Gasteiger partial charge on any atom is -0.441 e. The van der Waals surface area contributed by atoms with Gasteiger partial charge >= 0.3 is 0 Å². The van der Waals surface area contributed by atoms with Crippen LogP contribution < -0.4 is 0 Å². The van der Waals surface area contributed by atoms with Gasteiger partial charge in [-0.25, -0.2) is 4.98 Å². The molecule has 1 fully saturated rings. The predicted octanol–water partition coefficient (Wildman–Crippen LogP) is 4.25. The van der Waals surface area contributed by atoms with Crippen LogP contribution in [0.4, 0.5) is 4.39 Å². The number of aryl methyl sites for hydroxylation is 1.